The van der Waals surface area contributed by atoms with Crippen LogP contribution < -0.4 is 10.6 Å². The summed E-state index contributed by atoms with van der Waals surface area (Å²) < 4.78 is 0. The van der Waals surface area contributed by atoms with Crippen LogP contribution in [0.25, 0.3) is 0 Å². The minimum Gasteiger partial charge on any atom is -0.354 e. The number of aromatic nitrogens is 1. The van der Waals surface area contributed by atoms with E-state index in [2.05, 4.69) is 20.9 Å². The van der Waals surface area contributed by atoms with E-state index in [0.29, 0.717) is 6.42 Å². The number of anilines is 1. The zero-order valence-electron chi connectivity index (χ0n) is 13.7. The summed E-state index contributed by atoms with van der Waals surface area (Å²) in [6.45, 7) is 6.45. The van der Waals surface area contributed by atoms with Crippen molar-refractivity contribution in [1.29, 1.82) is 0 Å². The van der Waals surface area contributed by atoms with E-state index in [0.717, 1.165) is 64.5 Å². The third-order valence-electron chi connectivity index (χ3n) is 4.88. The summed E-state index contributed by atoms with van der Waals surface area (Å²) in [5.41, 5.74) is 5.89. The van der Waals surface area contributed by atoms with E-state index in [1.165, 1.54) is 0 Å². The molecule has 1 aromatic rings. The number of likely N-dealkylation sites (tertiary alicyclic amines) is 1. The van der Waals surface area contributed by atoms with Crippen LogP contribution in [-0.2, 0) is 4.79 Å². The molecule has 0 spiro atoms. The van der Waals surface area contributed by atoms with Gasteiger partial charge in [-0.2, -0.15) is 0 Å². The fourth-order valence-electron chi connectivity index (χ4n) is 3.30. The molecule has 126 valence electrons. The van der Waals surface area contributed by atoms with Gasteiger partial charge in [0.05, 0.1) is 0 Å². The number of carbonyl (C=O) groups excluding carboxylic acids is 1. The molecule has 0 aliphatic carbocycles. The number of pyridine rings is 1. The van der Waals surface area contributed by atoms with Crippen LogP contribution in [0.4, 0.5) is 5.82 Å². The summed E-state index contributed by atoms with van der Waals surface area (Å²) in [5.74, 6) is 1.33. The lowest BCUT2D eigenvalue weighted by Gasteiger charge is -2.36. The van der Waals surface area contributed by atoms with Crippen molar-refractivity contribution in [3.63, 3.8) is 0 Å². The third kappa shape index (κ3) is 4.42. The zero-order chi connectivity index (χ0) is 16.1. The standard InChI is InChI=1S/C17H27N5O/c18-15-4-9-22(10-5-15)17(23)6-8-20-11-13-21(14-12-20)16-3-1-2-7-19-16/h1-3,7,15H,4-6,8-14,18H2. The Morgan fingerprint density at radius 3 is 2.52 bits per heavy atom. The van der Waals surface area contributed by atoms with E-state index in [1.54, 1.807) is 0 Å². The van der Waals surface area contributed by atoms with Gasteiger partial charge in [0.15, 0.2) is 0 Å². The van der Waals surface area contributed by atoms with Crippen molar-refractivity contribution in [2.24, 2.45) is 5.73 Å². The smallest absolute Gasteiger partial charge is 0.223 e. The molecule has 6 heteroatoms. The summed E-state index contributed by atoms with van der Waals surface area (Å²) in [6, 6.07) is 6.30. The number of carbonyl (C=O) groups is 1. The molecule has 1 aromatic heterocycles. The van der Waals surface area contributed by atoms with Crippen LogP contribution in [0.3, 0.4) is 0 Å². The Balaban J connectivity index is 1.38. The van der Waals surface area contributed by atoms with Crippen LogP contribution in [0.15, 0.2) is 24.4 Å². The maximum absolute atomic E-state index is 12.3. The van der Waals surface area contributed by atoms with Crippen molar-refractivity contribution in [1.82, 2.24) is 14.8 Å². The number of piperazine rings is 1. The van der Waals surface area contributed by atoms with Gasteiger partial charge in [-0.1, -0.05) is 6.07 Å². The Bertz CT molecular complexity index is 493. The number of nitrogens with zero attached hydrogens (tertiary/aromatic N) is 4. The van der Waals surface area contributed by atoms with Crippen LogP contribution in [0.5, 0.6) is 0 Å². The van der Waals surface area contributed by atoms with E-state index < -0.39 is 0 Å². The molecule has 1 amide bonds. The van der Waals surface area contributed by atoms with Crippen molar-refractivity contribution in [3.8, 4) is 0 Å². The Hall–Kier alpha value is -1.66. The van der Waals surface area contributed by atoms with Crippen molar-refractivity contribution in [2.45, 2.75) is 25.3 Å². The maximum Gasteiger partial charge on any atom is 0.223 e. The van der Waals surface area contributed by atoms with E-state index >= 15 is 0 Å². The summed E-state index contributed by atoms with van der Waals surface area (Å²) in [7, 11) is 0. The van der Waals surface area contributed by atoms with Crippen LogP contribution in [0.1, 0.15) is 19.3 Å². The lowest BCUT2D eigenvalue weighted by atomic mass is 10.1. The predicted molar refractivity (Wildman–Crippen MR) is 91.3 cm³/mol. The van der Waals surface area contributed by atoms with Crippen LogP contribution >= 0.6 is 0 Å². The molecule has 0 radical (unpaired) electrons. The predicted octanol–water partition coefficient (Wildman–Crippen LogP) is 0.543. The van der Waals surface area contributed by atoms with Gasteiger partial charge < -0.3 is 15.5 Å². The van der Waals surface area contributed by atoms with Gasteiger partial charge in [0.2, 0.25) is 5.91 Å². The second kappa shape index (κ2) is 7.75. The topological polar surface area (TPSA) is 65.7 Å². The fourth-order valence-corrected chi connectivity index (χ4v) is 3.30. The van der Waals surface area contributed by atoms with E-state index in [1.807, 2.05) is 23.2 Å². The van der Waals surface area contributed by atoms with Crippen LogP contribution in [0.2, 0.25) is 0 Å². The highest BCUT2D eigenvalue weighted by Gasteiger charge is 2.22. The lowest BCUT2D eigenvalue weighted by Crippen LogP contribution is -2.48. The monoisotopic (exact) mass is 317 g/mol. The van der Waals surface area contributed by atoms with E-state index in [9.17, 15) is 4.79 Å². The first-order valence-electron chi connectivity index (χ1n) is 8.64. The van der Waals surface area contributed by atoms with E-state index in [4.69, 9.17) is 5.73 Å². The molecule has 3 rings (SSSR count). The molecule has 3 heterocycles. The third-order valence-corrected chi connectivity index (χ3v) is 4.88. The Kier molecular flexibility index (Phi) is 5.46. The van der Waals surface area contributed by atoms with Crippen molar-refractivity contribution < 1.29 is 4.79 Å². The average Bonchev–Trinajstić information content (AvgIpc) is 2.61. The largest absolute Gasteiger partial charge is 0.354 e. The quantitative estimate of drug-likeness (QED) is 0.878. The number of hydrogen-bond acceptors (Lipinski definition) is 5. The van der Waals surface area contributed by atoms with Crippen LogP contribution in [0, 0.1) is 0 Å². The number of nitrogens with two attached hydrogens (primary N) is 1. The molecule has 2 N–H and O–H groups in total. The van der Waals surface area contributed by atoms with Crippen molar-refractivity contribution >= 4 is 11.7 Å². The SMILES string of the molecule is NC1CCN(C(=O)CCN2CCN(c3ccccn3)CC2)CC1. The van der Waals surface area contributed by atoms with Gasteiger partial charge in [-0.3, -0.25) is 9.69 Å². The normalized spacial score (nSPS) is 20.7. The number of rotatable bonds is 4. The molecule has 2 aliphatic heterocycles. The molecule has 0 atom stereocenters. The van der Waals surface area contributed by atoms with Crippen molar-refractivity contribution in [2.75, 3.05) is 50.7 Å². The van der Waals surface area contributed by atoms with Gasteiger partial charge in [-0.15, -0.1) is 0 Å². The molecule has 0 bridgehead atoms. The second-order valence-corrected chi connectivity index (χ2v) is 6.48. The fraction of sp³-hybridized carbons (Fsp3) is 0.647. The van der Waals surface area contributed by atoms with Gasteiger partial charge in [0.1, 0.15) is 5.82 Å². The van der Waals surface area contributed by atoms with Gasteiger partial charge in [0.25, 0.3) is 0 Å². The highest BCUT2D eigenvalue weighted by atomic mass is 16.2. The summed E-state index contributed by atoms with van der Waals surface area (Å²) in [5, 5.41) is 0. The maximum atomic E-state index is 12.3. The minimum atomic E-state index is 0.277. The molecule has 6 nitrogen and oxygen atoms in total. The lowest BCUT2D eigenvalue weighted by molar-refractivity contribution is -0.132. The first-order chi connectivity index (χ1) is 11.2. The first-order valence-corrected chi connectivity index (χ1v) is 8.64. The Labute approximate surface area is 138 Å². The van der Waals surface area contributed by atoms with Crippen molar-refractivity contribution in [3.05, 3.63) is 24.4 Å². The number of piperidine rings is 1. The van der Waals surface area contributed by atoms with Gasteiger partial charge in [-0.05, 0) is 25.0 Å². The zero-order valence-corrected chi connectivity index (χ0v) is 13.7. The molecule has 23 heavy (non-hydrogen) atoms. The molecule has 2 fully saturated rings. The summed E-state index contributed by atoms with van der Waals surface area (Å²) in [6.07, 6.45) is 4.34. The van der Waals surface area contributed by atoms with Crippen LogP contribution in [-0.4, -0.2) is 72.5 Å². The van der Waals surface area contributed by atoms with E-state index in [-0.39, 0.29) is 11.9 Å². The molecule has 2 saturated heterocycles. The van der Waals surface area contributed by atoms with Gasteiger partial charge >= 0.3 is 0 Å². The second-order valence-electron chi connectivity index (χ2n) is 6.48. The van der Waals surface area contributed by atoms with Gasteiger partial charge in [-0.25, -0.2) is 4.98 Å². The molecular weight excluding hydrogens is 290 g/mol. The molecular formula is C17H27N5O. The Morgan fingerprint density at radius 2 is 1.87 bits per heavy atom. The highest BCUT2D eigenvalue weighted by molar-refractivity contribution is 5.76. The molecule has 0 aromatic carbocycles. The van der Waals surface area contributed by atoms with Gasteiger partial charge in [0, 0.05) is 64.5 Å². The molecule has 2 aliphatic rings. The molecule has 0 unspecified atom stereocenters. The number of hydrogen-bond donors (Lipinski definition) is 1. The first kappa shape index (κ1) is 16.2. The Morgan fingerprint density at radius 1 is 1.13 bits per heavy atom. The number of amides is 1. The summed E-state index contributed by atoms with van der Waals surface area (Å²) in [4.78, 5) is 23.3. The highest BCUT2D eigenvalue weighted by Crippen LogP contribution is 2.13. The summed E-state index contributed by atoms with van der Waals surface area (Å²) >= 11 is 0. The average molecular weight is 317 g/mol. The minimum absolute atomic E-state index is 0.277. The molecule has 0 saturated carbocycles.